The maximum Gasteiger partial charge on any atom is 0.281 e. The highest BCUT2D eigenvalue weighted by Gasteiger charge is 2.12. The minimum absolute atomic E-state index is 0.162. The third kappa shape index (κ3) is 3.49. The Kier molecular flexibility index (Phi) is 4.85. The molecule has 0 fully saturated rings. The number of aryl methyl sites for hydroxylation is 1. The Morgan fingerprint density at radius 3 is 2.50 bits per heavy atom. The number of nitrogens with one attached hydrogen (secondary N) is 1. The number of fused-ring (bicyclic) bond motifs is 1. The quantitative estimate of drug-likeness (QED) is 0.563. The lowest BCUT2D eigenvalue weighted by Gasteiger charge is -2.15. The van der Waals surface area contributed by atoms with E-state index in [0.29, 0.717) is 28.7 Å². The summed E-state index contributed by atoms with van der Waals surface area (Å²) in [7, 11) is 0. The van der Waals surface area contributed by atoms with Gasteiger partial charge in [-0.05, 0) is 36.4 Å². The Hall–Kier alpha value is -3.91. The molecule has 0 atom stereocenters. The average molecular weight is 366 g/mol. The van der Waals surface area contributed by atoms with Crippen molar-refractivity contribution in [2.75, 3.05) is 5.43 Å². The first-order valence-corrected chi connectivity index (χ1v) is 9.05. The van der Waals surface area contributed by atoms with E-state index in [1.165, 1.54) is 4.68 Å². The van der Waals surface area contributed by atoms with Crippen LogP contribution in [0.5, 0.6) is 0 Å². The Labute approximate surface area is 162 Å². The Morgan fingerprint density at radius 1 is 0.964 bits per heavy atom. The van der Waals surface area contributed by atoms with Crippen molar-refractivity contribution < 1.29 is 0 Å². The van der Waals surface area contributed by atoms with Gasteiger partial charge in [-0.2, -0.15) is 0 Å². The number of para-hydroxylation sites is 1. The maximum absolute atomic E-state index is 13.3. The standard InChI is InChI=1S/C23H18N4O/c1-2-21-25-20-10-6-7-18(12-11-17-13-15-24-16-14-17)22(20)23(28)27(21)26-19-8-4-3-5-9-19/h3-10,13-16,26H,2H2,1H3. The number of rotatable bonds is 3. The number of nitrogens with zero attached hydrogens (tertiary/aromatic N) is 3. The van der Waals surface area contributed by atoms with Crippen molar-refractivity contribution in [3.05, 3.63) is 100 Å². The van der Waals surface area contributed by atoms with Crippen LogP contribution in [0.1, 0.15) is 23.9 Å². The van der Waals surface area contributed by atoms with Crippen LogP contribution in [0.4, 0.5) is 5.69 Å². The molecule has 0 aliphatic carbocycles. The molecule has 0 bridgehead atoms. The van der Waals surface area contributed by atoms with Crippen LogP contribution in [-0.2, 0) is 6.42 Å². The van der Waals surface area contributed by atoms with Gasteiger partial charge in [0.1, 0.15) is 5.82 Å². The molecule has 136 valence electrons. The summed E-state index contributed by atoms with van der Waals surface area (Å²) in [5.74, 6) is 6.87. The van der Waals surface area contributed by atoms with Crippen molar-refractivity contribution in [3.63, 3.8) is 0 Å². The molecule has 0 spiro atoms. The van der Waals surface area contributed by atoms with Crippen LogP contribution in [0.25, 0.3) is 10.9 Å². The molecule has 1 N–H and O–H groups in total. The van der Waals surface area contributed by atoms with Gasteiger partial charge in [0.25, 0.3) is 5.56 Å². The molecule has 0 saturated carbocycles. The van der Waals surface area contributed by atoms with E-state index in [2.05, 4.69) is 27.2 Å². The summed E-state index contributed by atoms with van der Waals surface area (Å²) < 4.78 is 1.51. The van der Waals surface area contributed by atoms with E-state index in [0.717, 1.165) is 11.3 Å². The zero-order chi connectivity index (χ0) is 19.3. The summed E-state index contributed by atoms with van der Waals surface area (Å²) in [4.78, 5) is 22.0. The van der Waals surface area contributed by atoms with E-state index in [-0.39, 0.29) is 5.56 Å². The van der Waals surface area contributed by atoms with Crippen molar-refractivity contribution >= 4 is 16.6 Å². The van der Waals surface area contributed by atoms with Crippen molar-refractivity contribution in [2.45, 2.75) is 13.3 Å². The predicted octanol–water partition coefficient (Wildman–Crippen LogP) is 3.63. The minimum Gasteiger partial charge on any atom is -0.290 e. The smallest absolute Gasteiger partial charge is 0.281 e. The topological polar surface area (TPSA) is 59.8 Å². The number of pyridine rings is 1. The van der Waals surface area contributed by atoms with Crippen LogP contribution >= 0.6 is 0 Å². The fourth-order valence-electron chi connectivity index (χ4n) is 2.95. The lowest BCUT2D eigenvalue weighted by Crippen LogP contribution is -2.31. The van der Waals surface area contributed by atoms with E-state index >= 15 is 0 Å². The van der Waals surface area contributed by atoms with E-state index in [1.807, 2.05) is 67.6 Å². The van der Waals surface area contributed by atoms with Gasteiger partial charge in [0.05, 0.1) is 16.6 Å². The summed E-state index contributed by atoms with van der Waals surface area (Å²) in [5, 5.41) is 0.504. The molecule has 0 aliphatic rings. The van der Waals surface area contributed by atoms with Crippen molar-refractivity contribution in [1.29, 1.82) is 0 Å². The second-order valence-electron chi connectivity index (χ2n) is 6.19. The van der Waals surface area contributed by atoms with Gasteiger partial charge in [-0.3, -0.25) is 15.2 Å². The van der Waals surface area contributed by atoms with Crippen LogP contribution in [0.15, 0.2) is 77.9 Å². The van der Waals surface area contributed by atoms with Gasteiger partial charge in [0.2, 0.25) is 0 Å². The third-order valence-corrected chi connectivity index (χ3v) is 4.32. The molecule has 2 aromatic heterocycles. The van der Waals surface area contributed by atoms with Gasteiger partial charge in [-0.25, -0.2) is 9.66 Å². The first-order chi connectivity index (χ1) is 13.8. The molecule has 2 aromatic carbocycles. The summed E-state index contributed by atoms with van der Waals surface area (Å²) in [5.41, 5.74) is 5.97. The third-order valence-electron chi connectivity index (χ3n) is 4.32. The Bertz CT molecular complexity index is 1240. The fourth-order valence-corrected chi connectivity index (χ4v) is 2.95. The summed E-state index contributed by atoms with van der Waals surface area (Å²) in [6.07, 6.45) is 4.01. The van der Waals surface area contributed by atoms with Crippen LogP contribution in [0, 0.1) is 11.8 Å². The van der Waals surface area contributed by atoms with Gasteiger partial charge >= 0.3 is 0 Å². The largest absolute Gasteiger partial charge is 0.290 e. The van der Waals surface area contributed by atoms with E-state index < -0.39 is 0 Å². The zero-order valence-corrected chi connectivity index (χ0v) is 15.4. The summed E-state index contributed by atoms with van der Waals surface area (Å²) >= 11 is 0. The van der Waals surface area contributed by atoms with E-state index in [4.69, 9.17) is 0 Å². The molecule has 2 heterocycles. The van der Waals surface area contributed by atoms with Crippen molar-refractivity contribution in [3.8, 4) is 11.8 Å². The van der Waals surface area contributed by atoms with Crippen molar-refractivity contribution in [1.82, 2.24) is 14.6 Å². The van der Waals surface area contributed by atoms with Gasteiger partial charge in [0, 0.05) is 29.9 Å². The number of anilines is 1. The molecule has 5 nitrogen and oxygen atoms in total. The Morgan fingerprint density at radius 2 is 1.75 bits per heavy atom. The molecule has 28 heavy (non-hydrogen) atoms. The lowest BCUT2D eigenvalue weighted by atomic mass is 10.1. The first kappa shape index (κ1) is 17.5. The zero-order valence-electron chi connectivity index (χ0n) is 15.4. The minimum atomic E-state index is -0.162. The molecule has 4 rings (SSSR count). The monoisotopic (exact) mass is 366 g/mol. The second-order valence-corrected chi connectivity index (χ2v) is 6.19. The summed E-state index contributed by atoms with van der Waals surface area (Å²) in [6.45, 7) is 1.98. The predicted molar refractivity (Wildman–Crippen MR) is 111 cm³/mol. The number of benzene rings is 2. The molecule has 0 amide bonds. The molecule has 4 aromatic rings. The maximum atomic E-state index is 13.3. The average Bonchev–Trinajstić information content (AvgIpc) is 2.75. The molecule has 0 radical (unpaired) electrons. The van der Waals surface area contributed by atoms with Crippen LogP contribution < -0.4 is 11.0 Å². The highest BCUT2D eigenvalue weighted by molar-refractivity contribution is 5.84. The van der Waals surface area contributed by atoms with Crippen LogP contribution in [0.3, 0.4) is 0 Å². The second kappa shape index (κ2) is 7.77. The molecule has 0 unspecified atom stereocenters. The van der Waals surface area contributed by atoms with Gasteiger partial charge in [-0.1, -0.05) is 43.0 Å². The molecular formula is C23H18N4O. The van der Waals surface area contributed by atoms with E-state index in [1.54, 1.807) is 12.4 Å². The SMILES string of the molecule is CCc1nc2cccc(C#Cc3ccncc3)c2c(=O)n1Nc1ccccc1. The summed E-state index contributed by atoms with van der Waals surface area (Å²) in [6, 6.07) is 18.8. The van der Waals surface area contributed by atoms with Crippen LogP contribution in [0.2, 0.25) is 0 Å². The van der Waals surface area contributed by atoms with E-state index in [9.17, 15) is 4.79 Å². The Balaban J connectivity index is 1.88. The molecule has 0 saturated heterocycles. The molecule has 5 heteroatoms. The van der Waals surface area contributed by atoms with Gasteiger partial charge in [0.15, 0.2) is 0 Å². The fraction of sp³-hybridized carbons (Fsp3) is 0.0870. The normalized spacial score (nSPS) is 10.3. The number of hydrogen-bond donors (Lipinski definition) is 1. The van der Waals surface area contributed by atoms with Gasteiger partial charge in [-0.15, -0.1) is 0 Å². The highest BCUT2D eigenvalue weighted by Crippen LogP contribution is 2.15. The van der Waals surface area contributed by atoms with Crippen molar-refractivity contribution in [2.24, 2.45) is 0 Å². The van der Waals surface area contributed by atoms with Crippen LogP contribution in [-0.4, -0.2) is 14.6 Å². The number of hydrogen-bond acceptors (Lipinski definition) is 4. The van der Waals surface area contributed by atoms with Gasteiger partial charge < -0.3 is 0 Å². The molecule has 0 aliphatic heterocycles. The number of aromatic nitrogens is 3. The first-order valence-electron chi connectivity index (χ1n) is 9.05. The molecular weight excluding hydrogens is 348 g/mol. The highest BCUT2D eigenvalue weighted by atomic mass is 16.1. The lowest BCUT2D eigenvalue weighted by molar-refractivity contribution is 0.780.